The van der Waals surface area contributed by atoms with Crippen molar-refractivity contribution < 1.29 is 24.4 Å². The van der Waals surface area contributed by atoms with Crippen LogP contribution in [-0.4, -0.2) is 73.9 Å². The molecular formula is C20H22ClN5O5. The molecule has 11 heteroatoms. The first-order valence-electron chi connectivity index (χ1n) is 10.0. The number of nitrogens with zero attached hydrogens (tertiary/aromatic N) is 4. The molecular weight excluding hydrogens is 426 g/mol. The van der Waals surface area contributed by atoms with E-state index in [1.54, 1.807) is 28.8 Å². The van der Waals surface area contributed by atoms with Gasteiger partial charge in [0.05, 0.1) is 24.0 Å². The normalized spacial score (nSPS) is 28.3. The van der Waals surface area contributed by atoms with E-state index in [9.17, 15) is 10.2 Å². The molecule has 0 saturated carbocycles. The third-order valence-electron chi connectivity index (χ3n) is 5.48. The second-order valence-electron chi connectivity index (χ2n) is 7.54. The van der Waals surface area contributed by atoms with Crippen LogP contribution in [0.15, 0.2) is 36.9 Å². The molecule has 0 bridgehead atoms. The Kier molecular flexibility index (Phi) is 5.63. The standard InChI is InChI=1S/C20H22ClN5O5/c21-12-3-1-2-4-13(12)30-8-14-16(27)17(28)20(31-14)26-10-24-15-18(22-9-23-19(15)26)25-11-5-6-29-7-11/h1-4,9-11,14,16-17,20,27-28H,5-8H2,(H,22,23,25)/t11?,14-,16+,17-,20-/m1/s1. The number of para-hydroxylation sites is 1. The summed E-state index contributed by atoms with van der Waals surface area (Å²) in [4.78, 5) is 13.0. The van der Waals surface area contributed by atoms with Crippen LogP contribution in [0.2, 0.25) is 5.02 Å². The van der Waals surface area contributed by atoms with Gasteiger partial charge in [0, 0.05) is 6.61 Å². The third-order valence-corrected chi connectivity index (χ3v) is 5.79. The maximum atomic E-state index is 10.6. The molecule has 0 spiro atoms. The fourth-order valence-electron chi connectivity index (χ4n) is 3.82. The van der Waals surface area contributed by atoms with Crippen LogP contribution in [0.1, 0.15) is 12.6 Å². The number of nitrogens with one attached hydrogen (secondary N) is 1. The van der Waals surface area contributed by atoms with Gasteiger partial charge in [0.2, 0.25) is 0 Å². The molecule has 4 heterocycles. The molecule has 2 saturated heterocycles. The number of aromatic nitrogens is 4. The van der Waals surface area contributed by atoms with Crippen LogP contribution in [0.25, 0.3) is 11.2 Å². The lowest BCUT2D eigenvalue weighted by molar-refractivity contribution is -0.0474. The van der Waals surface area contributed by atoms with Crippen LogP contribution in [0.3, 0.4) is 0 Å². The highest BCUT2D eigenvalue weighted by Gasteiger charge is 2.44. The van der Waals surface area contributed by atoms with Crippen molar-refractivity contribution in [2.75, 3.05) is 25.1 Å². The third kappa shape index (κ3) is 3.92. The van der Waals surface area contributed by atoms with E-state index >= 15 is 0 Å². The van der Waals surface area contributed by atoms with Crippen LogP contribution in [0.4, 0.5) is 5.82 Å². The van der Waals surface area contributed by atoms with E-state index in [1.807, 2.05) is 0 Å². The van der Waals surface area contributed by atoms with Gasteiger partial charge in [-0.25, -0.2) is 15.0 Å². The van der Waals surface area contributed by atoms with Gasteiger partial charge in [0.1, 0.15) is 37.0 Å². The van der Waals surface area contributed by atoms with Gasteiger partial charge < -0.3 is 29.7 Å². The average Bonchev–Trinajstić information content (AvgIpc) is 3.50. The Morgan fingerprint density at radius 3 is 2.87 bits per heavy atom. The number of fused-ring (bicyclic) bond motifs is 1. The maximum Gasteiger partial charge on any atom is 0.167 e. The van der Waals surface area contributed by atoms with E-state index in [2.05, 4.69) is 20.3 Å². The highest BCUT2D eigenvalue weighted by atomic mass is 35.5. The number of anilines is 1. The number of aliphatic hydroxyl groups is 2. The fourth-order valence-corrected chi connectivity index (χ4v) is 4.01. The number of ether oxygens (including phenoxy) is 3. The molecule has 2 aliphatic heterocycles. The lowest BCUT2D eigenvalue weighted by Gasteiger charge is -2.17. The van der Waals surface area contributed by atoms with E-state index < -0.39 is 24.5 Å². The first kappa shape index (κ1) is 20.4. The Bertz CT molecular complexity index is 1060. The zero-order valence-electron chi connectivity index (χ0n) is 16.5. The molecule has 31 heavy (non-hydrogen) atoms. The summed E-state index contributed by atoms with van der Waals surface area (Å²) >= 11 is 6.11. The van der Waals surface area contributed by atoms with Crippen molar-refractivity contribution in [3.8, 4) is 5.75 Å². The van der Waals surface area contributed by atoms with Crippen LogP contribution >= 0.6 is 11.6 Å². The number of rotatable bonds is 6. The maximum absolute atomic E-state index is 10.6. The smallest absolute Gasteiger partial charge is 0.167 e. The molecule has 3 N–H and O–H groups in total. The Morgan fingerprint density at radius 2 is 2.06 bits per heavy atom. The minimum absolute atomic E-state index is 0.0224. The number of hydrogen-bond donors (Lipinski definition) is 3. The van der Waals surface area contributed by atoms with E-state index in [0.717, 1.165) is 6.42 Å². The van der Waals surface area contributed by atoms with Crippen molar-refractivity contribution in [1.82, 2.24) is 19.5 Å². The molecule has 5 atom stereocenters. The second-order valence-corrected chi connectivity index (χ2v) is 7.95. The van der Waals surface area contributed by atoms with Crippen molar-refractivity contribution in [3.63, 3.8) is 0 Å². The van der Waals surface area contributed by atoms with E-state index in [-0.39, 0.29) is 12.6 Å². The summed E-state index contributed by atoms with van der Waals surface area (Å²) < 4.78 is 18.6. The van der Waals surface area contributed by atoms with Crippen molar-refractivity contribution in [2.45, 2.75) is 37.0 Å². The number of halogens is 1. The van der Waals surface area contributed by atoms with Crippen LogP contribution in [0, 0.1) is 0 Å². The van der Waals surface area contributed by atoms with Crippen LogP contribution < -0.4 is 10.1 Å². The van der Waals surface area contributed by atoms with E-state index in [1.165, 1.54) is 12.7 Å². The summed E-state index contributed by atoms with van der Waals surface area (Å²) in [5, 5.41) is 24.9. The minimum atomic E-state index is -1.19. The molecule has 0 amide bonds. The average molecular weight is 448 g/mol. The summed E-state index contributed by atoms with van der Waals surface area (Å²) in [5.74, 6) is 1.07. The largest absolute Gasteiger partial charge is 0.489 e. The summed E-state index contributed by atoms with van der Waals surface area (Å²) in [6.45, 7) is 1.34. The molecule has 10 nitrogen and oxygen atoms in total. The van der Waals surface area contributed by atoms with Crippen molar-refractivity contribution in [2.24, 2.45) is 0 Å². The van der Waals surface area contributed by atoms with Crippen molar-refractivity contribution >= 4 is 28.6 Å². The summed E-state index contributed by atoms with van der Waals surface area (Å²) in [6.07, 6.45) is -0.147. The molecule has 2 aliphatic rings. The Balaban J connectivity index is 1.34. The zero-order chi connectivity index (χ0) is 21.4. The van der Waals surface area contributed by atoms with Crippen molar-refractivity contribution in [3.05, 3.63) is 41.9 Å². The van der Waals surface area contributed by atoms with Crippen molar-refractivity contribution in [1.29, 1.82) is 0 Å². The number of imidazole rings is 1. The minimum Gasteiger partial charge on any atom is -0.489 e. The van der Waals surface area contributed by atoms with Crippen LogP contribution in [-0.2, 0) is 9.47 Å². The highest BCUT2D eigenvalue weighted by molar-refractivity contribution is 6.32. The molecule has 2 fully saturated rings. The predicted molar refractivity (Wildman–Crippen MR) is 111 cm³/mol. The summed E-state index contributed by atoms with van der Waals surface area (Å²) in [6, 6.07) is 7.18. The molecule has 0 radical (unpaired) electrons. The zero-order valence-corrected chi connectivity index (χ0v) is 17.2. The van der Waals surface area contributed by atoms with Gasteiger partial charge >= 0.3 is 0 Å². The summed E-state index contributed by atoms with van der Waals surface area (Å²) in [5.41, 5.74) is 1.04. The SMILES string of the molecule is O[C@@H]1[C@@H](O)[C@@H](COc2ccccc2Cl)O[C@H]1n1cnc2c(NC3CCOC3)ncnc21. The monoisotopic (exact) mass is 447 g/mol. The predicted octanol–water partition coefficient (Wildman–Crippen LogP) is 1.38. The molecule has 2 aromatic heterocycles. The number of benzene rings is 1. The quantitative estimate of drug-likeness (QED) is 0.514. The molecule has 1 unspecified atom stereocenters. The fraction of sp³-hybridized carbons (Fsp3) is 0.450. The van der Waals surface area contributed by atoms with Crippen LogP contribution in [0.5, 0.6) is 5.75 Å². The second kappa shape index (κ2) is 8.56. The molecule has 3 aromatic rings. The van der Waals surface area contributed by atoms with Gasteiger partial charge in [-0.15, -0.1) is 0 Å². The first-order valence-corrected chi connectivity index (χ1v) is 10.4. The highest BCUT2D eigenvalue weighted by Crippen LogP contribution is 2.33. The lowest BCUT2D eigenvalue weighted by atomic mass is 10.1. The Morgan fingerprint density at radius 1 is 1.19 bits per heavy atom. The van der Waals surface area contributed by atoms with Gasteiger partial charge in [0.25, 0.3) is 0 Å². The Labute approximate surface area is 182 Å². The molecule has 5 rings (SSSR count). The number of aliphatic hydroxyl groups excluding tert-OH is 2. The Hall–Kier alpha value is -2.50. The lowest BCUT2D eigenvalue weighted by Crippen LogP contribution is -2.34. The first-order chi connectivity index (χ1) is 15.1. The molecule has 164 valence electrons. The number of hydrogen-bond acceptors (Lipinski definition) is 9. The van der Waals surface area contributed by atoms with Gasteiger partial charge in [-0.3, -0.25) is 4.57 Å². The van der Waals surface area contributed by atoms with E-state index in [4.69, 9.17) is 25.8 Å². The van der Waals surface area contributed by atoms with E-state index in [0.29, 0.717) is 41.0 Å². The van der Waals surface area contributed by atoms with Gasteiger partial charge in [-0.05, 0) is 18.6 Å². The summed E-state index contributed by atoms with van der Waals surface area (Å²) in [7, 11) is 0. The van der Waals surface area contributed by atoms with Gasteiger partial charge in [-0.1, -0.05) is 23.7 Å². The van der Waals surface area contributed by atoms with Gasteiger partial charge in [0.15, 0.2) is 23.2 Å². The molecule has 1 aromatic carbocycles. The molecule has 0 aliphatic carbocycles. The van der Waals surface area contributed by atoms with Gasteiger partial charge in [-0.2, -0.15) is 0 Å². The topological polar surface area (TPSA) is 124 Å².